The maximum atomic E-state index is 13.8. The fourth-order valence-corrected chi connectivity index (χ4v) is 5.53. The van der Waals surface area contributed by atoms with E-state index in [2.05, 4.69) is 22.8 Å². The number of hydrogen-bond donors (Lipinski definition) is 0. The molecule has 10 heteroatoms. The largest absolute Gasteiger partial charge is 0.491 e. The molecule has 0 aliphatic carbocycles. The van der Waals surface area contributed by atoms with Crippen molar-refractivity contribution in [1.29, 1.82) is 0 Å². The lowest BCUT2D eigenvalue weighted by Gasteiger charge is -2.28. The minimum Gasteiger partial charge on any atom is -0.491 e. The summed E-state index contributed by atoms with van der Waals surface area (Å²) in [6.07, 6.45) is 3.01. The van der Waals surface area contributed by atoms with Crippen molar-refractivity contribution in [1.82, 2.24) is 24.4 Å². The maximum absolute atomic E-state index is 13.8. The van der Waals surface area contributed by atoms with Crippen molar-refractivity contribution in [3.8, 4) is 5.75 Å². The number of ether oxygens (including phenoxy) is 1. The Labute approximate surface area is 230 Å². The van der Waals surface area contributed by atoms with Crippen LogP contribution in [0.5, 0.6) is 5.75 Å². The van der Waals surface area contributed by atoms with Crippen molar-refractivity contribution in [3.63, 3.8) is 0 Å². The summed E-state index contributed by atoms with van der Waals surface area (Å²) in [4.78, 5) is 39.3. The number of benzene rings is 1. The molecule has 208 valence electrons. The van der Waals surface area contributed by atoms with Crippen molar-refractivity contribution in [2.24, 2.45) is 0 Å². The summed E-state index contributed by atoms with van der Waals surface area (Å²) in [5.41, 5.74) is 3.03. The Hall–Kier alpha value is -3.82. The molecular formula is C29H39N7O3. The molecule has 2 aliphatic rings. The number of likely N-dealkylation sites (N-methyl/N-ethyl adjacent to an activating group) is 1. The van der Waals surface area contributed by atoms with Crippen LogP contribution in [-0.2, 0) is 4.79 Å². The molecule has 0 saturated carbocycles. The van der Waals surface area contributed by atoms with Crippen LogP contribution in [0, 0.1) is 6.92 Å². The Morgan fingerprint density at radius 1 is 1.05 bits per heavy atom. The quantitative estimate of drug-likeness (QED) is 0.498. The van der Waals surface area contributed by atoms with E-state index in [9.17, 15) is 9.59 Å². The predicted molar refractivity (Wildman–Crippen MR) is 152 cm³/mol. The van der Waals surface area contributed by atoms with Crippen molar-refractivity contribution < 1.29 is 14.3 Å². The van der Waals surface area contributed by atoms with E-state index in [4.69, 9.17) is 14.8 Å². The first-order chi connectivity index (χ1) is 18.8. The highest BCUT2D eigenvalue weighted by Gasteiger charge is 2.28. The number of nitrogens with zero attached hydrogens (tertiary/aromatic N) is 7. The highest BCUT2D eigenvalue weighted by atomic mass is 16.5. The number of amides is 2. The van der Waals surface area contributed by atoms with Gasteiger partial charge in [0, 0.05) is 59.3 Å². The first-order valence-corrected chi connectivity index (χ1v) is 13.9. The fraction of sp³-hybridized carbons (Fsp3) is 0.517. The van der Waals surface area contributed by atoms with Gasteiger partial charge in [0.05, 0.1) is 23.8 Å². The van der Waals surface area contributed by atoms with Gasteiger partial charge in [-0.15, -0.1) is 0 Å². The summed E-state index contributed by atoms with van der Waals surface area (Å²) in [7, 11) is 3.84. The molecule has 3 aromatic rings. The van der Waals surface area contributed by atoms with Crippen molar-refractivity contribution >= 4 is 29.1 Å². The molecule has 4 heterocycles. The average Bonchev–Trinajstić information content (AvgIpc) is 3.60. The van der Waals surface area contributed by atoms with Gasteiger partial charge in [0.1, 0.15) is 24.0 Å². The van der Waals surface area contributed by atoms with Crippen LogP contribution in [0.1, 0.15) is 60.8 Å². The molecule has 2 aliphatic heterocycles. The van der Waals surface area contributed by atoms with E-state index >= 15 is 0 Å². The van der Waals surface area contributed by atoms with E-state index in [1.807, 2.05) is 49.8 Å². The van der Waals surface area contributed by atoms with Gasteiger partial charge in [-0.05, 0) is 38.3 Å². The number of aromatic nitrogens is 3. The average molecular weight is 534 g/mol. The molecular weight excluding hydrogens is 494 g/mol. The van der Waals surface area contributed by atoms with Crippen LogP contribution in [0.3, 0.4) is 0 Å². The van der Waals surface area contributed by atoms with Gasteiger partial charge >= 0.3 is 0 Å². The minimum atomic E-state index is -0.234. The van der Waals surface area contributed by atoms with Crippen LogP contribution in [0.15, 0.2) is 30.3 Å². The van der Waals surface area contributed by atoms with Crippen LogP contribution in [0.25, 0.3) is 5.65 Å². The van der Waals surface area contributed by atoms with Crippen molar-refractivity contribution in [2.75, 3.05) is 63.2 Å². The highest BCUT2D eigenvalue weighted by Crippen LogP contribution is 2.31. The molecule has 2 aromatic heterocycles. The van der Waals surface area contributed by atoms with Gasteiger partial charge in [0.2, 0.25) is 5.91 Å². The van der Waals surface area contributed by atoms with Gasteiger partial charge < -0.3 is 24.3 Å². The normalized spacial score (nSPS) is 19.1. The number of aryl methyl sites for hydroxylation is 1. The van der Waals surface area contributed by atoms with E-state index < -0.39 is 0 Å². The molecule has 1 saturated heterocycles. The molecule has 2 amide bonds. The number of fused-ring (bicyclic) bond motifs is 2. The maximum Gasteiger partial charge on any atom is 0.257 e. The molecule has 0 radical (unpaired) electrons. The minimum absolute atomic E-state index is 0.0159. The molecule has 39 heavy (non-hydrogen) atoms. The van der Waals surface area contributed by atoms with Crippen LogP contribution in [0.2, 0.25) is 0 Å². The Bertz CT molecular complexity index is 1360. The van der Waals surface area contributed by atoms with Gasteiger partial charge in [-0.2, -0.15) is 9.61 Å². The smallest absolute Gasteiger partial charge is 0.257 e. The number of hydrogen-bond acceptors (Lipinski definition) is 7. The summed E-state index contributed by atoms with van der Waals surface area (Å²) in [6, 6.07) is 9.51. The van der Waals surface area contributed by atoms with Gasteiger partial charge in [0.15, 0.2) is 5.65 Å². The number of rotatable bonds is 2. The lowest BCUT2D eigenvalue weighted by atomic mass is 10.1. The van der Waals surface area contributed by atoms with E-state index in [0.29, 0.717) is 44.0 Å². The van der Waals surface area contributed by atoms with E-state index in [0.717, 1.165) is 54.5 Å². The summed E-state index contributed by atoms with van der Waals surface area (Å²) in [5.74, 6) is 2.22. The molecule has 10 nitrogen and oxygen atoms in total. The second kappa shape index (κ2) is 11.1. The summed E-state index contributed by atoms with van der Waals surface area (Å²) in [5, 5.41) is 4.99. The van der Waals surface area contributed by atoms with Gasteiger partial charge in [-0.3, -0.25) is 9.59 Å². The molecule has 5 rings (SSSR count). The number of carbonyl (C=O) groups is 2. The first-order valence-electron chi connectivity index (χ1n) is 13.9. The standard InChI is InChI=1S/C29H39N7O3/c1-6-24-23-18-27-30-26(35-11-7-8-12-35)19-28(36(27)31-23)32(4)13-14-34(21(3)37)15-16-39-25-10-9-20(2)17-22(25)29(38)33(24)5/h9-10,17-19,24H,6-8,11-16H2,1-5H3. The molecule has 1 aromatic carbocycles. The van der Waals surface area contributed by atoms with Gasteiger partial charge in [-0.1, -0.05) is 18.6 Å². The SMILES string of the molecule is CCC1c2cc3nc(N4CCCC4)cc(n3n2)N(C)CCN(C(C)=O)CCOc2ccc(C)cc2C(=O)N1C. The zero-order chi connectivity index (χ0) is 27.7. The van der Waals surface area contributed by atoms with E-state index in [1.54, 1.807) is 16.7 Å². The monoisotopic (exact) mass is 533 g/mol. The third-order valence-corrected chi connectivity index (χ3v) is 7.89. The van der Waals surface area contributed by atoms with Crippen molar-refractivity contribution in [3.05, 3.63) is 47.2 Å². The van der Waals surface area contributed by atoms with Crippen LogP contribution >= 0.6 is 0 Å². The van der Waals surface area contributed by atoms with E-state index in [-0.39, 0.29) is 17.9 Å². The lowest BCUT2D eigenvalue weighted by molar-refractivity contribution is -0.129. The second-order valence-electron chi connectivity index (χ2n) is 10.6. The summed E-state index contributed by atoms with van der Waals surface area (Å²) >= 11 is 0. The molecule has 1 fully saturated rings. The molecule has 2 bridgehead atoms. The van der Waals surface area contributed by atoms with E-state index in [1.165, 1.54) is 0 Å². The van der Waals surface area contributed by atoms with Crippen molar-refractivity contribution in [2.45, 2.75) is 46.1 Å². The second-order valence-corrected chi connectivity index (χ2v) is 10.6. The molecule has 0 N–H and O–H groups in total. The number of anilines is 2. The van der Waals surface area contributed by atoms with Crippen LogP contribution in [0.4, 0.5) is 11.6 Å². The van der Waals surface area contributed by atoms with Gasteiger partial charge in [0.25, 0.3) is 5.91 Å². The number of carbonyl (C=O) groups excluding carboxylic acids is 2. The lowest BCUT2D eigenvalue weighted by Crippen LogP contribution is -2.39. The molecule has 0 spiro atoms. The Morgan fingerprint density at radius 2 is 1.82 bits per heavy atom. The zero-order valence-corrected chi connectivity index (χ0v) is 23.7. The zero-order valence-electron chi connectivity index (χ0n) is 23.7. The summed E-state index contributed by atoms with van der Waals surface area (Å²) in [6.45, 7) is 9.46. The van der Waals surface area contributed by atoms with Crippen LogP contribution in [-0.4, -0.2) is 89.6 Å². The predicted octanol–water partition coefficient (Wildman–Crippen LogP) is 3.54. The topological polar surface area (TPSA) is 86.5 Å². The Kier molecular flexibility index (Phi) is 7.63. The Morgan fingerprint density at radius 3 is 2.54 bits per heavy atom. The summed E-state index contributed by atoms with van der Waals surface area (Å²) < 4.78 is 7.98. The molecule has 1 unspecified atom stereocenters. The third-order valence-electron chi connectivity index (χ3n) is 7.89. The van der Waals surface area contributed by atoms with Gasteiger partial charge in [-0.25, -0.2) is 4.98 Å². The van der Waals surface area contributed by atoms with Crippen LogP contribution < -0.4 is 14.5 Å². The highest BCUT2D eigenvalue weighted by molar-refractivity contribution is 5.97. The Balaban J connectivity index is 1.63. The fourth-order valence-electron chi connectivity index (χ4n) is 5.53. The third kappa shape index (κ3) is 5.37. The first kappa shape index (κ1) is 26.8. The molecule has 1 atom stereocenters.